The molecule has 104 valence electrons. The van der Waals surface area contributed by atoms with E-state index in [2.05, 4.69) is 4.90 Å². The van der Waals surface area contributed by atoms with E-state index < -0.39 is 5.97 Å². The molecule has 0 heterocycles. The van der Waals surface area contributed by atoms with Gasteiger partial charge in [-0.15, -0.1) is 0 Å². The number of hydrogen-bond donors (Lipinski definition) is 1. The van der Waals surface area contributed by atoms with Crippen LogP contribution in [0, 0.1) is 0 Å². The molecule has 1 aromatic carbocycles. The van der Waals surface area contributed by atoms with Gasteiger partial charge in [0.2, 0.25) is 0 Å². The van der Waals surface area contributed by atoms with Gasteiger partial charge in [0.1, 0.15) is 0 Å². The highest BCUT2D eigenvalue weighted by atomic mass is 35.5. The minimum absolute atomic E-state index is 0.212. The van der Waals surface area contributed by atoms with Crippen LogP contribution in [0.25, 0.3) is 0 Å². The van der Waals surface area contributed by atoms with Gasteiger partial charge in [0.15, 0.2) is 0 Å². The SMILES string of the molecule is O=C(O)CCN(Cc1ccc(Cl)cc1)C1CCCC1. The van der Waals surface area contributed by atoms with Crippen molar-refractivity contribution in [3.63, 3.8) is 0 Å². The van der Waals surface area contributed by atoms with Crippen molar-refractivity contribution in [1.29, 1.82) is 0 Å². The Bertz CT molecular complexity index is 413. The van der Waals surface area contributed by atoms with Gasteiger partial charge in [-0.25, -0.2) is 0 Å². The van der Waals surface area contributed by atoms with E-state index in [1.165, 1.54) is 31.2 Å². The van der Waals surface area contributed by atoms with E-state index in [-0.39, 0.29) is 6.42 Å². The number of carbonyl (C=O) groups is 1. The van der Waals surface area contributed by atoms with Crippen molar-refractivity contribution in [2.24, 2.45) is 0 Å². The van der Waals surface area contributed by atoms with Crippen molar-refractivity contribution >= 4 is 17.6 Å². The normalized spacial score (nSPS) is 16.1. The Morgan fingerprint density at radius 1 is 1.26 bits per heavy atom. The van der Waals surface area contributed by atoms with Crippen molar-refractivity contribution in [3.05, 3.63) is 34.9 Å². The number of hydrogen-bond acceptors (Lipinski definition) is 2. The van der Waals surface area contributed by atoms with Gasteiger partial charge in [0.05, 0.1) is 6.42 Å². The first kappa shape index (κ1) is 14.4. The molecule has 1 aromatic rings. The Balaban J connectivity index is 1.99. The molecule has 1 fully saturated rings. The lowest BCUT2D eigenvalue weighted by Crippen LogP contribution is -2.34. The lowest BCUT2D eigenvalue weighted by atomic mass is 10.1. The molecule has 0 spiro atoms. The van der Waals surface area contributed by atoms with Crippen molar-refractivity contribution in [1.82, 2.24) is 4.90 Å². The molecule has 0 bridgehead atoms. The smallest absolute Gasteiger partial charge is 0.304 e. The van der Waals surface area contributed by atoms with Crippen LogP contribution in [-0.4, -0.2) is 28.6 Å². The fourth-order valence-electron chi connectivity index (χ4n) is 2.72. The molecule has 0 aromatic heterocycles. The summed E-state index contributed by atoms with van der Waals surface area (Å²) in [7, 11) is 0. The Morgan fingerprint density at radius 3 is 2.47 bits per heavy atom. The van der Waals surface area contributed by atoms with Gasteiger partial charge in [-0.2, -0.15) is 0 Å². The predicted molar refractivity (Wildman–Crippen MR) is 76.4 cm³/mol. The molecular formula is C15H20ClNO2. The number of nitrogens with zero attached hydrogens (tertiary/aromatic N) is 1. The lowest BCUT2D eigenvalue weighted by Gasteiger charge is -2.28. The fraction of sp³-hybridized carbons (Fsp3) is 0.533. The highest BCUT2D eigenvalue weighted by Crippen LogP contribution is 2.25. The van der Waals surface area contributed by atoms with Gasteiger partial charge in [-0.05, 0) is 30.5 Å². The van der Waals surface area contributed by atoms with Crippen molar-refractivity contribution in [2.45, 2.75) is 44.7 Å². The number of aliphatic carboxylic acids is 1. The van der Waals surface area contributed by atoms with Crippen LogP contribution in [0.4, 0.5) is 0 Å². The second kappa shape index (κ2) is 6.92. The minimum atomic E-state index is -0.723. The molecule has 0 unspecified atom stereocenters. The molecule has 0 aliphatic heterocycles. The molecule has 0 amide bonds. The largest absolute Gasteiger partial charge is 0.481 e. The summed E-state index contributed by atoms with van der Waals surface area (Å²) in [5.74, 6) is -0.723. The molecule has 4 heteroatoms. The second-order valence-electron chi connectivity index (χ2n) is 5.18. The Kier molecular flexibility index (Phi) is 5.23. The molecule has 1 saturated carbocycles. The van der Waals surface area contributed by atoms with Crippen molar-refractivity contribution in [3.8, 4) is 0 Å². The predicted octanol–water partition coefficient (Wildman–Crippen LogP) is 3.56. The second-order valence-corrected chi connectivity index (χ2v) is 5.62. The molecule has 3 nitrogen and oxygen atoms in total. The molecule has 0 saturated heterocycles. The van der Waals surface area contributed by atoms with E-state index in [1.807, 2.05) is 24.3 Å². The van der Waals surface area contributed by atoms with Crippen LogP contribution in [0.15, 0.2) is 24.3 Å². The maximum absolute atomic E-state index is 10.8. The zero-order chi connectivity index (χ0) is 13.7. The molecule has 1 N–H and O–H groups in total. The van der Waals surface area contributed by atoms with Crippen LogP contribution in [0.1, 0.15) is 37.7 Å². The first-order valence-electron chi connectivity index (χ1n) is 6.85. The number of benzene rings is 1. The Labute approximate surface area is 119 Å². The third-order valence-electron chi connectivity index (χ3n) is 3.75. The fourth-order valence-corrected chi connectivity index (χ4v) is 2.85. The first-order valence-corrected chi connectivity index (χ1v) is 7.23. The maximum atomic E-state index is 10.8. The minimum Gasteiger partial charge on any atom is -0.481 e. The molecule has 1 aliphatic carbocycles. The van der Waals surface area contributed by atoms with Crippen molar-refractivity contribution in [2.75, 3.05) is 6.54 Å². The Hall–Kier alpha value is -1.06. The number of carboxylic acid groups (broad SMARTS) is 1. The quantitative estimate of drug-likeness (QED) is 0.867. The summed E-state index contributed by atoms with van der Waals surface area (Å²) >= 11 is 5.89. The van der Waals surface area contributed by atoms with E-state index >= 15 is 0 Å². The molecule has 2 rings (SSSR count). The van der Waals surface area contributed by atoms with Crippen molar-refractivity contribution < 1.29 is 9.90 Å². The monoisotopic (exact) mass is 281 g/mol. The van der Waals surface area contributed by atoms with E-state index in [0.29, 0.717) is 12.6 Å². The summed E-state index contributed by atoms with van der Waals surface area (Å²) in [6, 6.07) is 8.35. The molecule has 19 heavy (non-hydrogen) atoms. The Morgan fingerprint density at radius 2 is 1.89 bits per heavy atom. The van der Waals surface area contributed by atoms with Crippen LogP contribution in [-0.2, 0) is 11.3 Å². The zero-order valence-corrected chi connectivity index (χ0v) is 11.8. The number of rotatable bonds is 6. The first-order chi connectivity index (χ1) is 9.15. The standard InChI is InChI=1S/C15H20ClNO2/c16-13-7-5-12(6-8-13)11-17(10-9-15(18)19)14-3-1-2-4-14/h5-8,14H,1-4,9-11H2,(H,18,19). The van der Waals surface area contributed by atoms with E-state index in [0.717, 1.165) is 11.6 Å². The third kappa shape index (κ3) is 4.51. The van der Waals surface area contributed by atoms with Gasteiger partial charge in [-0.3, -0.25) is 9.69 Å². The van der Waals surface area contributed by atoms with Crippen LogP contribution in [0.3, 0.4) is 0 Å². The average molecular weight is 282 g/mol. The molecular weight excluding hydrogens is 262 g/mol. The lowest BCUT2D eigenvalue weighted by molar-refractivity contribution is -0.137. The van der Waals surface area contributed by atoms with E-state index in [1.54, 1.807) is 0 Å². The number of carboxylic acids is 1. The molecule has 1 aliphatic rings. The highest BCUT2D eigenvalue weighted by molar-refractivity contribution is 6.30. The van der Waals surface area contributed by atoms with E-state index in [4.69, 9.17) is 16.7 Å². The third-order valence-corrected chi connectivity index (χ3v) is 4.00. The summed E-state index contributed by atoms with van der Waals surface area (Å²) in [5.41, 5.74) is 1.20. The summed E-state index contributed by atoms with van der Waals surface area (Å²) in [6.07, 6.45) is 5.11. The van der Waals surface area contributed by atoms with Crippen LogP contribution >= 0.6 is 11.6 Å². The number of halogens is 1. The highest BCUT2D eigenvalue weighted by Gasteiger charge is 2.22. The van der Waals surface area contributed by atoms with Crippen LogP contribution in [0.2, 0.25) is 5.02 Å². The zero-order valence-electron chi connectivity index (χ0n) is 11.0. The van der Waals surface area contributed by atoms with Gasteiger partial charge in [0.25, 0.3) is 0 Å². The van der Waals surface area contributed by atoms with Gasteiger partial charge < -0.3 is 5.11 Å². The summed E-state index contributed by atoms with van der Waals surface area (Å²) in [5, 5.41) is 9.60. The summed E-state index contributed by atoms with van der Waals surface area (Å²) in [6.45, 7) is 1.44. The summed E-state index contributed by atoms with van der Waals surface area (Å²) < 4.78 is 0. The van der Waals surface area contributed by atoms with Crippen LogP contribution < -0.4 is 0 Å². The molecule has 0 radical (unpaired) electrons. The maximum Gasteiger partial charge on any atom is 0.304 e. The van der Waals surface area contributed by atoms with E-state index in [9.17, 15) is 4.79 Å². The topological polar surface area (TPSA) is 40.5 Å². The van der Waals surface area contributed by atoms with Gasteiger partial charge >= 0.3 is 5.97 Å². The molecule has 0 atom stereocenters. The van der Waals surface area contributed by atoms with Gasteiger partial charge in [0, 0.05) is 24.2 Å². The van der Waals surface area contributed by atoms with Gasteiger partial charge in [-0.1, -0.05) is 36.6 Å². The average Bonchev–Trinajstić information content (AvgIpc) is 2.90. The van der Waals surface area contributed by atoms with Crippen LogP contribution in [0.5, 0.6) is 0 Å². The summed E-state index contributed by atoms with van der Waals surface area (Å²) in [4.78, 5) is 13.1.